The molecule has 28 heavy (non-hydrogen) atoms. The van der Waals surface area contributed by atoms with Gasteiger partial charge in [-0.2, -0.15) is 0 Å². The van der Waals surface area contributed by atoms with E-state index in [0.717, 1.165) is 13.1 Å². The molecule has 2 aromatic rings. The van der Waals surface area contributed by atoms with Gasteiger partial charge in [0.2, 0.25) is 0 Å². The molecule has 3 amide bonds. The molecule has 2 aromatic carbocycles. The van der Waals surface area contributed by atoms with Gasteiger partial charge in [0.05, 0.1) is 0 Å². The number of rotatable bonds is 5. The zero-order chi connectivity index (χ0) is 19.9. The van der Waals surface area contributed by atoms with Crippen LogP contribution in [-0.4, -0.2) is 49.6 Å². The third kappa shape index (κ3) is 5.25. The molecule has 0 saturated carbocycles. The lowest BCUT2D eigenvalue weighted by molar-refractivity contribution is 0.0949. The van der Waals surface area contributed by atoms with Gasteiger partial charge in [0.25, 0.3) is 5.91 Å². The third-order valence-electron chi connectivity index (χ3n) is 4.74. The Labute approximate surface area is 166 Å². The SMILES string of the molecule is CC(C)CNC(=O)c1cccc(NC(=O)N2CCN(c3ccccc3)CC2)c1. The van der Waals surface area contributed by atoms with E-state index < -0.39 is 0 Å². The maximum Gasteiger partial charge on any atom is 0.321 e. The fraction of sp³-hybridized carbons (Fsp3) is 0.364. The van der Waals surface area contributed by atoms with E-state index in [9.17, 15) is 9.59 Å². The quantitative estimate of drug-likeness (QED) is 0.835. The molecule has 6 nitrogen and oxygen atoms in total. The van der Waals surface area contributed by atoms with Crippen molar-refractivity contribution in [2.24, 2.45) is 5.92 Å². The summed E-state index contributed by atoms with van der Waals surface area (Å²) in [6.07, 6.45) is 0. The largest absolute Gasteiger partial charge is 0.368 e. The topological polar surface area (TPSA) is 64.7 Å². The average Bonchev–Trinajstić information content (AvgIpc) is 2.73. The first-order valence-electron chi connectivity index (χ1n) is 9.77. The number of hydrogen-bond acceptors (Lipinski definition) is 3. The second kappa shape index (κ2) is 9.26. The van der Waals surface area contributed by atoms with Gasteiger partial charge in [-0.3, -0.25) is 4.79 Å². The Morgan fingerprint density at radius 1 is 0.964 bits per heavy atom. The zero-order valence-electron chi connectivity index (χ0n) is 16.5. The van der Waals surface area contributed by atoms with Crippen LogP contribution in [0.4, 0.5) is 16.2 Å². The van der Waals surface area contributed by atoms with E-state index in [1.165, 1.54) is 5.69 Å². The molecule has 3 rings (SSSR count). The lowest BCUT2D eigenvalue weighted by Gasteiger charge is -2.36. The van der Waals surface area contributed by atoms with Crippen LogP contribution >= 0.6 is 0 Å². The molecule has 1 aliphatic rings. The number of piperazine rings is 1. The first-order valence-corrected chi connectivity index (χ1v) is 9.77. The van der Waals surface area contributed by atoms with Gasteiger partial charge in [-0.25, -0.2) is 4.79 Å². The van der Waals surface area contributed by atoms with Crippen LogP contribution in [0.1, 0.15) is 24.2 Å². The van der Waals surface area contributed by atoms with Crippen LogP contribution in [0.2, 0.25) is 0 Å². The van der Waals surface area contributed by atoms with Crippen LogP contribution in [0.3, 0.4) is 0 Å². The maximum absolute atomic E-state index is 12.6. The Morgan fingerprint density at radius 3 is 2.36 bits per heavy atom. The van der Waals surface area contributed by atoms with E-state index in [-0.39, 0.29) is 11.9 Å². The van der Waals surface area contributed by atoms with Crippen molar-refractivity contribution in [2.75, 3.05) is 42.9 Å². The van der Waals surface area contributed by atoms with E-state index >= 15 is 0 Å². The average molecular weight is 380 g/mol. The first kappa shape index (κ1) is 19.7. The van der Waals surface area contributed by atoms with E-state index in [2.05, 4.69) is 41.5 Å². The van der Waals surface area contributed by atoms with Crippen molar-refractivity contribution in [1.82, 2.24) is 10.2 Å². The summed E-state index contributed by atoms with van der Waals surface area (Å²) in [5.41, 5.74) is 2.36. The Morgan fingerprint density at radius 2 is 1.68 bits per heavy atom. The predicted octanol–water partition coefficient (Wildman–Crippen LogP) is 3.43. The monoisotopic (exact) mass is 380 g/mol. The number of hydrogen-bond donors (Lipinski definition) is 2. The number of anilines is 2. The maximum atomic E-state index is 12.6. The van der Waals surface area contributed by atoms with E-state index in [4.69, 9.17) is 0 Å². The molecule has 0 radical (unpaired) electrons. The van der Waals surface area contributed by atoms with Crippen molar-refractivity contribution in [1.29, 1.82) is 0 Å². The second-order valence-corrected chi connectivity index (χ2v) is 7.42. The zero-order valence-corrected chi connectivity index (χ0v) is 16.5. The summed E-state index contributed by atoms with van der Waals surface area (Å²) in [4.78, 5) is 28.9. The summed E-state index contributed by atoms with van der Waals surface area (Å²) in [5, 5.41) is 5.81. The number of nitrogens with zero attached hydrogens (tertiary/aromatic N) is 2. The van der Waals surface area contributed by atoms with E-state index in [0.29, 0.717) is 36.8 Å². The van der Waals surface area contributed by atoms with Crippen molar-refractivity contribution in [3.63, 3.8) is 0 Å². The molecule has 0 aliphatic carbocycles. The van der Waals surface area contributed by atoms with Gasteiger partial charge >= 0.3 is 6.03 Å². The van der Waals surface area contributed by atoms with Gasteiger partial charge < -0.3 is 20.4 Å². The highest BCUT2D eigenvalue weighted by molar-refractivity contribution is 5.96. The summed E-state index contributed by atoms with van der Waals surface area (Å²) < 4.78 is 0. The van der Waals surface area contributed by atoms with Crippen molar-refractivity contribution in [3.8, 4) is 0 Å². The van der Waals surface area contributed by atoms with Crippen LogP contribution in [-0.2, 0) is 0 Å². The summed E-state index contributed by atoms with van der Waals surface area (Å²) in [6, 6.07) is 17.2. The molecule has 2 N–H and O–H groups in total. The van der Waals surface area contributed by atoms with Crippen molar-refractivity contribution >= 4 is 23.3 Å². The smallest absolute Gasteiger partial charge is 0.321 e. The fourth-order valence-electron chi connectivity index (χ4n) is 3.15. The molecule has 1 heterocycles. The molecule has 1 aliphatic heterocycles. The number of carbonyl (C=O) groups excluding carboxylic acids is 2. The molecular formula is C22H28N4O2. The molecule has 1 fully saturated rings. The van der Waals surface area contributed by atoms with Gasteiger partial charge in [-0.15, -0.1) is 0 Å². The minimum atomic E-state index is -0.132. The van der Waals surface area contributed by atoms with Crippen molar-refractivity contribution < 1.29 is 9.59 Å². The number of carbonyl (C=O) groups is 2. The Kier molecular flexibility index (Phi) is 6.53. The molecule has 6 heteroatoms. The number of nitrogens with one attached hydrogen (secondary N) is 2. The normalized spacial score (nSPS) is 14.1. The highest BCUT2D eigenvalue weighted by Crippen LogP contribution is 2.17. The predicted molar refractivity (Wildman–Crippen MR) is 113 cm³/mol. The van der Waals surface area contributed by atoms with Gasteiger partial charge in [0.15, 0.2) is 0 Å². The number of para-hydroxylation sites is 1. The molecular weight excluding hydrogens is 352 g/mol. The molecule has 0 unspecified atom stereocenters. The summed E-state index contributed by atoms with van der Waals surface area (Å²) >= 11 is 0. The van der Waals surface area contributed by atoms with Crippen LogP contribution in [0, 0.1) is 5.92 Å². The number of amides is 3. The van der Waals surface area contributed by atoms with Crippen LogP contribution in [0.5, 0.6) is 0 Å². The highest BCUT2D eigenvalue weighted by atomic mass is 16.2. The minimum Gasteiger partial charge on any atom is -0.368 e. The van der Waals surface area contributed by atoms with E-state index in [1.54, 1.807) is 24.3 Å². The molecule has 148 valence electrons. The van der Waals surface area contributed by atoms with Gasteiger partial charge in [-0.1, -0.05) is 38.1 Å². The second-order valence-electron chi connectivity index (χ2n) is 7.42. The van der Waals surface area contributed by atoms with Crippen LogP contribution in [0.25, 0.3) is 0 Å². The summed E-state index contributed by atoms with van der Waals surface area (Å²) in [6.45, 7) is 7.65. The van der Waals surface area contributed by atoms with Gasteiger partial charge in [-0.05, 0) is 36.2 Å². The minimum absolute atomic E-state index is 0.124. The van der Waals surface area contributed by atoms with Gasteiger partial charge in [0.1, 0.15) is 0 Å². The highest BCUT2D eigenvalue weighted by Gasteiger charge is 2.21. The Hall–Kier alpha value is -3.02. The molecule has 0 spiro atoms. The standard InChI is InChI=1S/C22H28N4O2/c1-17(2)16-23-21(27)18-7-6-8-19(15-18)24-22(28)26-13-11-25(12-14-26)20-9-4-3-5-10-20/h3-10,15,17H,11-14,16H2,1-2H3,(H,23,27)(H,24,28). The fourth-order valence-corrected chi connectivity index (χ4v) is 3.15. The lowest BCUT2D eigenvalue weighted by Crippen LogP contribution is -2.50. The Balaban J connectivity index is 1.54. The Bertz CT molecular complexity index is 799. The van der Waals surface area contributed by atoms with Gasteiger partial charge in [0, 0.05) is 49.7 Å². The lowest BCUT2D eigenvalue weighted by atomic mass is 10.1. The third-order valence-corrected chi connectivity index (χ3v) is 4.74. The summed E-state index contributed by atoms with van der Waals surface area (Å²) in [5.74, 6) is 0.266. The van der Waals surface area contributed by atoms with Crippen molar-refractivity contribution in [3.05, 3.63) is 60.2 Å². The van der Waals surface area contributed by atoms with Crippen LogP contribution < -0.4 is 15.5 Å². The van der Waals surface area contributed by atoms with Crippen LogP contribution in [0.15, 0.2) is 54.6 Å². The first-order chi connectivity index (χ1) is 13.5. The number of benzene rings is 2. The molecule has 0 bridgehead atoms. The molecule has 0 atom stereocenters. The molecule has 0 aromatic heterocycles. The summed E-state index contributed by atoms with van der Waals surface area (Å²) in [7, 11) is 0. The molecule has 1 saturated heterocycles. The number of urea groups is 1. The van der Waals surface area contributed by atoms with E-state index in [1.807, 2.05) is 23.1 Å². The van der Waals surface area contributed by atoms with Crippen molar-refractivity contribution in [2.45, 2.75) is 13.8 Å².